The third-order valence-corrected chi connectivity index (χ3v) is 6.52. The van der Waals surface area contributed by atoms with Crippen molar-refractivity contribution in [2.45, 2.75) is 46.6 Å². The minimum Gasteiger partial charge on any atom is -0.495 e. The van der Waals surface area contributed by atoms with Crippen molar-refractivity contribution in [3.8, 4) is 5.75 Å². The van der Waals surface area contributed by atoms with Crippen molar-refractivity contribution in [3.63, 3.8) is 0 Å². The Kier molecular flexibility index (Phi) is 7.77. The molecular formula is C23H35ClN4O4. The van der Waals surface area contributed by atoms with Crippen LogP contribution in [0.2, 0.25) is 5.02 Å². The molecule has 2 fully saturated rings. The molecule has 32 heavy (non-hydrogen) atoms. The van der Waals surface area contributed by atoms with Crippen LogP contribution in [0, 0.1) is 5.41 Å². The fraction of sp³-hybridized carbons (Fsp3) is 0.652. The minimum absolute atomic E-state index is 0.0111. The number of benzene rings is 1. The van der Waals surface area contributed by atoms with E-state index in [2.05, 4.69) is 26.1 Å². The van der Waals surface area contributed by atoms with Gasteiger partial charge in [0, 0.05) is 37.3 Å². The highest BCUT2D eigenvalue weighted by atomic mass is 35.5. The maximum absolute atomic E-state index is 13.0. The maximum Gasteiger partial charge on any atom is 0.428 e. The van der Waals surface area contributed by atoms with Gasteiger partial charge in [0.1, 0.15) is 5.75 Å². The average Bonchev–Trinajstić information content (AvgIpc) is 2.70. The van der Waals surface area contributed by atoms with Gasteiger partial charge in [-0.25, -0.2) is 4.79 Å². The van der Waals surface area contributed by atoms with E-state index in [1.807, 2.05) is 17.9 Å². The largest absolute Gasteiger partial charge is 0.495 e. The summed E-state index contributed by atoms with van der Waals surface area (Å²) in [4.78, 5) is 34.6. The Labute approximate surface area is 195 Å². The van der Waals surface area contributed by atoms with E-state index in [0.717, 1.165) is 37.2 Å². The topological polar surface area (TPSA) is 74.4 Å². The first-order valence-corrected chi connectivity index (χ1v) is 11.6. The summed E-state index contributed by atoms with van der Waals surface area (Å²) < 4.78 is 5.42. The third kappa shape index (κ3) is 5.59. The van der Waals surface area contributed by atoms with Gasteiger partial charge in [-0.1, -0.05) is 39.3 Å². The zero-order valence-electron chi connectivity index (χ0n) is 19.7. The molecule has 0 bridgehead atoms. The van der Waals surface area contributed by atoms with Crippen molar-refractivity contribution in [2.24, 2.45) is 5.41 Å². The lowest BCUT2D eigenvalue weighted by atomic mass is 9.85. The number of rotatable bonds is 6. The van der Waals surface area contributed by atoms with Gasteiger partial charge in [-0.3, -0.25) is 4.79 Å². The molecule has 2 aliphatic rings. The van der Waals surface area contributed by atoms with Gasteiger partial charge in [0.05, 0.1) is 31.9 Å². The monoisotopic (exact) mass is 466 g/mol. The molecule has 1 atom stereocenters. The minimum atomic E-state index is -0.298. The number of hydrogen-bond acceptors (Lipinski definition) is 6. The Morgan fingerprint density at radius 3 is 2.44 bits per heavy atom. The Balaban J connectivity index is 1.63. The molecule has 178 valence electrons. The van der Waals surface area contributed by atoms with Gasteiger partial charge in [0.2, 0.25) is 5.91 Å². The molecule has 0 spiro atoms. The number of nitrogens with one attached hydrogen (secondary N) is 1. The van der Waals surface area contributed by atoms with Crippen LogP contribution in [-0.2, 0) is 16.1 Å². The van der Waals surface area contributed by atoms with Crippen molar-refractivity contribution in [1.29, 1.82) is 0 Å². The molecule has 3 rings (SSSR count). The molecule has 0 aromatic heterocycles. The number of hydroxylamine groups is 2. The van der Waals surface area contributed by atoms with Crippen LogP contribution in [0.15, 0.2) is 12.1 Å². The fourth-order valence-electron chi connectivity index (χ4n) is 3.93. The fourth-order valence-corrected chi connectivity index (χ4v) is 4.21. The Hall–Kier alpha value is -2.19. The highest BCUT2D eigenvalue weighted by Crippen LogP contribution is 2.32. The zero-order chi connectivity index (χ0) is 23.5. The van der Waals surface area contributed by atoms with E-state index in [9.17, 15) is 9.59 Å². The predicted octanol–water partition coefficient (Wildman–Crippen LogP) is 3.64. The van der Waals surface area contributed by atoms with Crippen LogP contribution < -0.4 is 10.1 Å². The Bertz CT molecular complexity index is 838. The lowest BCUT2D eigenvalue weighted by Gasteiger charge is -2.46. The first-order chi connectivity index (χ1) is 15.1. The van der Waals surface area contributed by atoms with Crippen LogP contribution in [-0.4, -0.2) is 79.3 Å². The van der Waals surface area contributed by atoms with Crippen LogP contribution in [0.1, 0.15) is 39.7 Å². The number of likely N-dealkylation sites (tertiary alicyclic amines) is 1. The number of halogens is 1. The van der Waals surface area contributed by atoms with Crippen LogP contribution in [0.5, 0.6) is 5.75 Å². The first kappa shape index (κ1) is 24.5. The van der Waals surface area contributed by atoms with Crippen LogP contribution >= 0.6 is 11.6 Å². The highest BCUT2D eigenvalue weighted by Gasteiger charge is 2.40. The Morgan fingerprint density at radius 1 is 1.16 bits per heavy atom. The number of carbonyl (C=O) groups is 2. The summed E-state index contributed by atoms with van der Waals surface area (Å²) in [6.45, 7) is 11.4. The van der Waals surface area contributed by atoms with E-state index in [0.29, 0.717) is 30.4 Å². The zero-order valence-corrected chi connectivity index (χ0v) is 20.5. The third-order valence-electron chi connectivity index (χ3n) is 6.17. The average molecular weight is 467 g/mol. The summed E-state index contributed by atoms with van der Waals surface area (Å²) in [6, 6.07) is 3.61. The number of nitrogens with zero attached hydrogens (tertiary/aromatic N) is 3. The molecule has 2 aliphatic heterocycles. The van der Waals surface area contributed by atoms with Crippen LogP contribution in [0.25, 0.3) is 0 Å². The van der Waals surface area contributed by atoms with Gasteiger partial charge in [0.25, 0.3) is 0 Å². The van der Waals surface area contributed by atoms with Crippen molar-refractivity contribution in [2.75, 3.05) is 51.7 Å². The summed E-state index contributed by atoms with van der Waals surface area (Å²) >= 11 is 6.28. The number of aryl methyl sites for hydroxylation is 1. The molecule has 9 heteroatoms. The second-order valence-electron chi connectivity index (χ2n) is 9.41. The molecule has 1 N–H and O–H groups in total. The van der Waals surface area contributed by atoms with Gasteiger partial charge >= 0.3 is 6.09 Å². The van der Waals surface area contributed by atoms with Crippen LogP contribution in [0.3, 0.4) is 0 Å². The van der Waals surface area contributed by atoms with E-state index in [1.165, 1.54) is 0 Å². The number of ether oxygens (including phenoxy) is 1. The van der Waals surface area contributed by atoms with Crippen molar-refractivity contribution in [3.05, 3.63) is 22.7 Å². The van der Waals surface area contributed by atoms with Gasteiger partial charge in [-0.05, 0) is 29.9 Å². The smallest absolute Gasteiger partial charge is 0.428 e. The Morgan fingerprint density at radius 2 is 1.88 bits per heavy atom. The number of hydrogen-bond donors (Lipinski definition) is 1. The summed E-state index contributed by atoms with van der Waals surface area (Å²) in [6.07, 6.45) is 1.51. The van der Waals surface area contributed by atoms with Gasteiger partial charge in [-0.15, -0.1) is 5.06 Å². The molecule has 2 heterocycles. The highest BCUT2D eigenvalue weighted by molar-refractivity contribution is 6.31. The lowest BCUT2D eigenvalue weighted by Crippen LogP contribution is -2.61. The number of piperazine rings is 1. The van der Waals surface area contributed by atoms with Gasteiger partial charge in [-0.2, -0.15) is 0 Å². The molecule has 1 aromatic rings. The first-order valence-electron chi connectivity index (χ1n) is 11.3. The van der Waals surface area contributed by atoms with Gasteiger partial charge < -0.3 is 24.7 Å². The molecule has 0 saturated carbocycles. The molecule has 0 radical (unpaired) electrons. The number of carbonyl (C=O) groups excluding carboxylic acids is 2. The van der Waals surface area contributed by atoms with E-state index < -0.39 is 0 Å². The summed E-state index contributed by atoms with van der Waals surface area (Å²) in [7, 11) is 1.58. The molecular weight excluding hydrogens is 432 g/mol. The van der Waals surface area contributed by atoms with Crippen molar-refractivity contribution < 1.29 is 19.2 Å². The molecule has 1 unspecified atom stereocenters. The number of amides is 2. The summed E-state index contributed by atoms with van der Waals surface area (Å²) in [5, 5.41) is 5.62. The molecule has 2 amide bonds. The molecule has 8 nitrogen and oxygen atoms in total. The second kappa shape index (κ2) is 10.2. The van der Waals surface area contributed by atoms with Crippen LogP contribution in [0.4, 0.5) is 10.5 Å². The summed E-state index contributed by atoms with van der Waals surface area (Å²) in [5.41, 5.74) is 1.57. The normalized spacial score (nSPS) is 19.4. The number of anilines is 1. The van der Waals surface area contributed by atoms with Crippen molar-refractivity contribution >= 4 is 29.3 Å². The van der Waals surface area contributed by atoms with E-state index >= 15 is 0 Å². The maximum atomic E-state index is 13.0. The molecule has 0 aliphatic carbocycles. The predicted molar refractivity (Wildman–Crippen MR) is 125 cm³/mol. The molecule has 2 saturated heterocycles. The SMILES string of the molecule is CCc1cc(NCC(=O)N2CCN(OC(=O)N3CCC3)C(C(C)(C)C)C2)c(OC)cc1Cl. The molecule has 1 aromatic carbocycles. The van der Waals surface area contributed by atoms with Gasteiger partial charge in [0.15, 0.2) is 0 Å². The van der Waals surface area contributed by atoms with E-state index in [1.54, 1.807) is 23.1 Å². The quantitative estimate of drug-likeness (QED) is 0.690. The second-order valence-corrected chi connectivity index (χ2v) is 9.82. The standard InChI is InChI=1S/C23H35ClN4O4/c1-6-16-12-18(19(31-5)13-17(16)24)25-14-21(29)27-10-11-28(20(15-27)23(2,3)4)32-22(30)26-8-7-9-26/h12-13,20,25H,6-11,14-15H2,1-5H3. The number of methoxy groups -OCH3 is 1. The van der Waals surface area contributed by atoms with E-state index in [4.69, 9.17) is 21.2 Å². The van der Waals surface area contributed by atoms with Crippen molar-refractivity contribution in [1.82, 2.24) is 14.9 Å². The summed E-state index contributed by atoms with van der Waals surface area (Å²) in [5.74, 6) is 0.596. The lowest BCUT2D eigenvalue weighted by molar-refractivity contribution is -0.192. The van der Waals surface area contributed by atoms with E-state index in [-0.39, 0.29) is 30.0 Å².